The van der Waals surface area contributed by atoms with Crippen LogP contribution in [0.15, 0.2) is 17.5 Å². The minimum absolute atomic E-state index is 0.0170. The van der Waals surface area contributed by atoms with E-state index in [4.69, 9.17) is 4.74 Å². The predicted molar refractivity (Wildman–Crippen MR) is 113 cm³/mol. The summed E-state index contributed by atoms with van der Waals surface area (Å²) >= 11 is 1.64. The lowest BCUT2D eigenvalue weighted by Gasteiger charge is -2.45. The van der Waals surface area contributed by atoms with Crippen molar-refractivity contribution in [3.05, 3.63) is 23.2 Å². The topological polar surface area (TPSA) is 63.6 Å². The summed E-state index contributed by atoms with van der Waals surface area (Å²) in [6.07, 6.45) is 7.62. The van der Waals surface area contributed by atoms with Gasteiger partial charge in [-0.05, 0) is 50.1 Å². The van der Waals surface area contributed by atoms with Gasteiger partial charge in [-0.25, -0.2) is 0 Å². The van der Waals surface area contributed by atoms with E-state index in [0.717, 1.165) is 55.3 Å². The second kappa shape index (κ2) is 7.43. The molecule has 0 spiro atoms. The van der Waals surface area contributed by atoms with Crippen LogP contribution in [0, 0.1) is 0 Å². The summed E-state index contributed by atoms with van der Waals surface area (Å²) in [5.74, 6) is -0.0880. The molecular formula is C22H29N3O3S. The third-order valence-electron chi connectivity index (χ3n) is 6.89. The number of aromatic nitrogens is 1. The van der Waals surface area contributed by atoms with Crippen molar-refractivity contribution in [3.8, 4) is 0 Å². The van der Waals surface area contributed by atoms with E-state index >= 15 is 0 Å². The summed E-state index contributed by atoms with van der Waals surface area (Å²) in [6.45, 7) is 3.63. The fourth-order valence-corrected chi connectivity index (χ4v) is 5.96. The first-order valence-electron chi connectivity index (χ1n) is 10.9. The summed E-state index contributed by atoms with van der Waals surface area (Å²) < 4.78 is 8.97. The van der Waals surface area contributed by atoms with Crippen LogP contribution in [0.3, 0.4) is 0 Å². The highest BCUT2D eigenvalue weighted by molar-refractivity contribution is 7.17. The SMILES string of the molecule is C[C@]1(C(=O)NC2CCCCC2)Cn2c(cc3sccc32)C(=O)N1C[C@H]1CCCO1. The molecule has 1 aliphatic carbocycles. The maximum atomic E-state index is 13.6. The van der Waals surface area contributed by atoms with Crippen molar-refractivity contribution >= 4 is 33.4 Å². The molecule has 2 amide bonds. The van der Waals surface area contributed by atoms with Crippen molar-refractivity contribution in [3.63, 3.8) is 0 Å². The summed E-state index contributed by atoms with van der Waals surface area (Å²) in [5, 5.41) is 5.33. The lowest BCUT2D eigenvalue weighted by atomic mass is 9.91. The van der Waals surface area contributed by atoms with E-state index in [-0.39, 0.29) is 24.0 Å². The number of carbonyl (C=O) groups excluding carboxylic acids is 2. The summed E-state index contributed by atoms with van der Waals surface area (Å²) in [5.41, 5.74) is 0.820. The number of carbonyl (C=O) groups is 2. The van der Waals surface area contributed by atoms with Crippen LogP contribution in [0.4, 0.5) is 0 Å². The minimum Gasteiger partial charge on any atom is -0.376 e. The van der Waals surface area contributed by atoms with Crippen molar-refractivity contribution in [1.29, 1.82) is 0 Å². The lowest BCUT2D eigenvalue weighted by molar-refractivity contribution is -0.134. The van der Waals surface area contributed by atoms with Gasteiger partial charge in [-0.2, -0.15) is 0 Å². The number of rotatable bonds is 4. The average molecular weight is 416 g/mol. The Morgan fingerprint density at radius 2 is 2.10 bits per heavy atom. The number of thiophene rings is 1. The van der Waals surface area contributed by atoms with Crippen molar-refractivity contribution in [1.82, 2.24) is 14.8 Å². The first-order chi connectivity index (χ1) is 14.1. The molecule has 0 bridgehead atoms. The van der Waals surface area contributed by atoms with E-state index in [0.29, 0.717) is 18.8 Å². The van der Waals surface area contributed by atoms with E-state index in [1.807, 2.05) is 29.0 Å². The van der Waals surface area contributed by atoms with Gasteiger partial charge in [-0.1, -0.05) is 19.3 Å². The van der Waals surface area contributed by atoms with Crippen LogP contribution in [0.25, 0.3) is 10.2 Å². The number of ether oxygens (including phenoxy) is 1. The largest absolute Gasteiger partial charge is 0.376 e. The van der Waals surface area contributed by atoms with Gasteiger partial charge in [-0.3, -0.25) is 9.59 Å². The molecule has 2 aromatic heterocycles. The Labute approximate surface area is 175 Å². The van der Waals surface area contributed by atoms with Gasteiger partial charge < -0.3 is 19.5 Å². The molecule has 2 aromatic rings. The van der Waals surface area contributed by atoms with Crippen LogP contribution >= 0.6 is 11.3 Å². The molecule has 3 aliphatic rings. The maximum Gasteiger partial charge on any atom is 0.271 e. The Morgan fingerprint density at radius 3 is 2.86 bits per heavy atom. The molecule has 7 heteroatoms. The van der Waals surface area contributed by atoms with Gasteiger partial charge in [0.2, 0.25) is 5.91 Å². The van der Waals surface area contributed by atoms with Gasteiger partial charge in [0, 0.05) is 19.2 Å². The smallest absolute Gasteiger partial charge is 0.271 e. The Morgan fingerprint density at radius 1 is 1.28 bits per heavy atom. The van der Waals surface area contributed by atoms with E-state index in [2.05, 4.69) is 5.32 Å². The molecule has 1 saturated heterocycles. The Kier molecular flexibility index (Phi) is 4.90. The summed E-state index contributed by atoms with van der Waals surface area (Å²) in [6, 6.07) is 4.25. The molecule has 2 aliphatic heterocycles. The number of fused-ring (bicyclic) bond motifs is 3. The highest BCUT2D eigenvalue weighted by Crippen LogP contribution is 2.35. The maximum absolute atomic E-state index is 13.6. The second-order valence-corrected chi connectivity index (χ2v) is 9.87. The third kappa shape index (κ3) is 3.28. The summed E-state index contributed by atoms with van der Waals surface area (Å²) in [7, 11) is 0. The van der Waals surface area contributed by atoms with Gasteiger partial charge in [0.1, 0.15) is 11.2 Å². The van der Waals surface area contributed by atoms with Crippen molar-refractivity contribution in [2.45, 2.75) is 76.1 Å². The van der Waals surface area contributed by atoms with Crippen molar-refractivity contribution in [2.24, 2.45) is 0 Å². The molecule has 0 aromatic carbocycles. The standard InChI is InChI=1S/C22H29N3O3S/c1-22(21(27)23-15-6-3-2-4-7-15)14-24-17-9-11-29-19(17)12-18(24)20(26)25(22)13-16-8-5-10-28-16/h9,11-12,15-16H,2-8,10,13-14H2,1H3,(H,23,27)/t16-,22-/m1/s1. The highest BCUT2D eigenvalue weighted by Gasteiger charge is 2.49. The molecule has 5 rings (SSSR count). The zero-order chi connectivity index (χ0) is 20.0. The molecule has 156 valence electrons. The van der Waals surface area contributed by atoms with Crippen LogP contribution in [-0.2, 0) is 16.1 Å². The molecule has 4 heterocycles. The molecule has 1 saturated carbocycles. The average Bonchev–Trinajstić information content (AvgIpc) is 3.45. The van der Waals surface area contributed by atoms with E-state index in [1.165, 1.54) is 6.42 Å². The molecule has 1 N–H and O–H groups in total. The van der Waals surface area contributed by atoms with Gasteiger partial charge in [0.25, 0.3) is 5.91 Å². The zero-order valence-electron chi connectivity index (χ0n) is 17.0. The van der Waals surface area contributed by atoms with E-state index in [9.17, 15) is 9.59 Å². The van der Waals surface area contributed by atoms with Crippen LogP contribution in [0.1, 0.15) is 62.4 Å². The van der Waals surface area contributed by atoms with Crippen molar-refractivity contribution in [2.75, 3.05) is 13.2 Å². The normalized spacial score (nSPS) is 28.1. The van der Waals surface area contributed by atoms with Crippen LogP contribution in [0.5, 0.6) is 0 Å². The first-order valence-corrected chi connectivity index (χ1v) is 11.8. The highest BCUT2D eigenvalue weighted by atomic mass is 32.1. The number of hydrogen-bond acceptors (Lipinski definition) is 4. The van der Waals surface area contributed by atoms with E-state index in [1.54, 1.807) is 16.2 Å². The molecule has 29 heavy (non-hydrogen) atoms. The van der Waals surface area contributed by atoms with Gasteiger partial charge in [-0.15, -0.1) is 11.3 Å². The number of amides is 2. The van der Waals surface area contributed by atoms with Crippen LogP contribution in [0.2, 0.25) is 0 Å². The Bertz CT molecular complexity index is 923. The second-order valence-electron chi connectivity index (χ2n) is 8.92. The number of hydrogen-bond donors (Lipinski definition) is 1. The Hall–Kier alpha value is -1.86. The molecular weight excluding hydrogens is 386 g/mol. The van der Waals surface area contributed by atoms with Gasteiger partial charge in [0.05, 0.1) is 22.9 Å². The van der Waals surface area contributed by atoms with Crippen LogP contribution < -0.4 is 5.32 Å². The quantitative estimate of drug-likeness (QED) is 0.831. The van der Waals surface area contributed by atoms with Crippen molar-refractivity contribution < 1.29 is 14.3 Å². The lowest BCUT2D eigenvalue weighted by Crippen LogP contribution is -2.66. The molecule has 0 radical (unpaired) electrons. The van der Waals surface area contributed by atoms with Gasteiger partial charge in [0.15, 0.2) is 0 Å². The zero-order valence-corrected chi connectivity index (χ0v) is 17.8. The minimum atomic E-state index is -0.915. The molecule has 2 fully saturated rings. The fourth-order valence-electron chi connectivity index (χ4n) is 5.14. The molecule has 6 nitrogen and oxygen atoms in total. The molecule has 2 atom stereocenters. The predicted octanol–water partition coefficient (Wildman–Crippen LogP) is 3.55. The monoisotopic (exact) mass is 415 g/mol. The first kappa shape index (κ1) is 19.1. The third-order valence-corrected chi connectivity index (χ3v) is 7.74. The summed E-state index contributed by atoms with van der Waals surface area (Å²) in [4.78, 5) is 28.9. The van der Waals surface area contributed by atoms with Gasteiger partial charge >= 0.3 is 0 Å². The fraction of sp³-hybridized carbons (Fsp3) is 0.636. The number of nitrogens with one attached hydrogen (secondary N) is 1. The number of nitrogens with zero attached hydrogens (tertiary/aromatic N) is 2. The molecule has 0 unspecified atom stereocenters. The van der Waals surface area contributed by atoms with E-state index < -0.39 is 5.54 Å². The Balaban J connectivity index is 1.49. The van der Waals surface area contributed by atoms with Crippen LogP contribution in [-0.4, -0.2) is 52.1 Å².